The van der Waals surface area contributed by atoms with Gasteiger partial charge in [-0.3, -0.25) is 4.79 Å². The predicted molar refractivity (Wildman–Crippen MR) is 71.8 cm³/mol. The molecule has 1 heterocycles. The molecule has 2 rings (SSSR count). The van der Waals surface area contributed by atoms with E-state index in [0.29, 0.717) is 6.54 Å². The lowest BCUT2D eigenvalue weighted by Crippen LogP contribution is -2.29. The van der Waals surface area contributed by atoms with Crippen molar-refractivity contribution in [2.24, 2.45) is 5.92 Å². The number of amides is 1. The lowest BCUT2D eigenvalue weighted by Gasteiger charge is -2.18. The van der Waals surface area contributed by atoms with E-state index in [-0.39, 0.29) is 11.8 Å². The smallest absolute Gasteiger partial charge is 0.222 e. The Morgan fingerprint density at radius 3 is 3.06 bits per heavy atom. The number of rotatable bonds is 4. The second-order valence-electron chi connectivity index (χ2n) is 5.09. The van der Waals surface area contributed by atoms with Gasteiger partial charge in [0.15, 0.2) is 0 Å². The van der Waals surface area contributed by atoms with Crippen LogP contribution in [0.15, 0.2) is 18.2 Å². The Kier molecular flexibility index (Phi) is 4.24. The van der Waals surface area contributed by atoms with Gasteiger partial charge in [0, 0.05) is 12.5 Å². The molecule has 0 spiro atoms. The van der Waals surface area contributed by atoms with Gasteiger partial charge in [-0.1, -0.05) is 26.0 Å². The van der Waals surface area contributed by atoms with E-state index >= 15 is 0 Å². The van der Waals surface area contributed by atoms with Crippen molar-refractivity contribution in [3.05, 3.63) is 29.3 Å². The van der Waals surface area contributed by atoms with Crippen LogP contribution in [-0.2, 0) is 17.6 Å². The summed E-state index contributed by atoms with van der Waals surface area (Å²) < 4.78 is 5.58. The number of carbonyl (C=O) groups excluding carboxylic acids is 1. The minimum atomic E-state index is 0.0573. The van der Waals surface area contributed by atoms with Crippen LogP contribution in [0.3, 0.4) is 0 Å². The molecule has 0 bridgehead atoms. The number of hydrogen-bond donors (Lipinski definition) is 1. The molecule has 1 aromatic rings. The fourth-order valence-corrected chi connectivity index (χ4v) is 2.10. The Labute approximate surface area is 109 Å². The van der Waals surface area contributed by atoms with Crippen LogP contribution in [-0.4, -0.2) is 19.1 Å². The summed E-state index contributed by atoms with van der Waals surface area (Å²) in [7, 11) is 0. The Hall–Kier alpha value is -1.51. The number of ether oxygens (including phenoxy) is 1. The average Bonchev–Trinajstić information content (AvgIpc) is 2.38. The highest BCUT2D eigenvalue weighted by Gasteiger charge is 2.10. The van der Waals surface area contributed by atoms with Crippen LogP contribution in [0.1, 0.15) is 31.4 Å². The van der Waals surface area contributed by atoms with Gasteiger partial charge >= 0.3 is 0 Å². The molecule has 1 aliphatic heterocycles. The van der Waals surface area contributed by atoms with Gasteiger partial charge in [0.1, 0.15) is 5.75 Å². The summed E-state index contributed by atoms with van der Waals surface area (Å²) in [4.78, 5) is 11.4. The second kappa shape index (κ2) is 5.89. The highest BCUT2D eigenvalue weighted by molar-refractivity contribution is 5.77. The van der Waals surface area contributed by atoms with Crippen LogP contribution in [0.2, 0.25) is 0 Å². The highest BCUT2D eigenvalue weighted by atomic mass is 16.5. The molecule has 1 aliphatic rings. The number of nitrogens with one attached hydrogen (secondary N) is 1. The molecular formula is C15H21NO2. The van der Waals surface area contributed by atoms with E-state index in [1.54, 1.807) is 0 Å². The molecule has 0 atom stereocenters. The number of carbonyl (C=O) groups is 1. The summed E-state index contributed by atoms with van der Waals surface area (Å²) >= 11 is 0. The molecule has 3 heteroatoms. The van der Waals surface area contributed by atoms with E-state index in [4.69, 9.17) is 4.74 Å². The van der Waals surface area contributed by atoms with E-state index in [0.717, 1.165) is 31.6 Å². The summed E-state index contributed by atoms with van der Waals surface area (Å²) in [5.74, 6) is 1.20. The molecule has 0 unspecified atom stereocenters. The Morgan fingerprint density at radius 2 is 2.28 bits per heavy atom. The molecular weight excluding hydrogens is 226 g/mol. The summed E-state index contributed by atoms with van der Waals surface area (Å²) in [5, 5.41) is 2.94. The first-order valence-electron chi connectivity index (χ1n) is 6.69. The van der Waals surface area contributed by atoms with Gasteiger partial charge in [-0.15, -0.1) is 0 Å². The average molecular weight is 247 g/mol. The third-order valence-corrected chi connectivity index (χ3v) is 3.21. The minimum absolute atomic E-state index is 0.0573. The number of aryl methyl sites for hydroxylation is 1. The zero-order valence-electron chi connectivity index (χ0n) is 11.2. The fraction of sp³-hybridized carbons (Fsp3) is 0.533. The van der Waals surface area contributed by atoms with Crippen molar-refractivity contribution in [3.63, 3.8) is 0 Å². The van der Waals surface area contributed by atoms with Crippen molar-refractivity contribution < 1.29 is 9.53 Å². The number of fused-ring (bicyclic) bond motifs is 1. The monoisotopic (exact) mass is 247 g/mol. The van der Waals surface area contributed by atoms with E-state index in [2.05, 4.69) is 17.4 Å². The lowest BCUT2D eigenvalue weighted by atomic mass is 10.0. The van der Waals surface area contributed by atoms with Gasteiger partial charge in [0.2, 0.25) is 5.91 Å². The number of benzene rings is 1. The maximum atomic E-state index is 11.4. The van der Waals surface area contributed by atoms with Gasteiger partial charge in [0.05, 0.1) is 6.61 Å². The van der Waals surface area contributed by atoms with Crippen molar-refractivity contribution in [1.82, 2.24) is 5.32 Å². The fourth-order valence-electron chi connectivity index (χ4n) is 2.10. The third kappa shape index (κ3) is 3.25. The van der Waals surface area contributed by atoms with Crippen LogP contribution in [0.4, 0.5) is 0 Å². The molecule has 0 saturated heterocycles. The molecule has 18 heavy (non-hydrogen) atoms. The van der Waals surface area contributed by atoms with Crippen molar-refractivity contribution in [2.45, 2.75) is 33.1 Å². The summed E-state index contributed by atoms with van der Waals surface area (Å²) in [5.41, 5.74) is 2.57. The molecule has 0 radical (unpaired) electrons. The van der Waals surface area contributed by atoms with Gasteiger partial charge in [-0.25, -0.2) is 0 Å². The van der Waals surface area contributed by atoms with E-state index in [1.165, 1.54) is 11.1 Å². The third-order valence-electron chi connectivity index (χ3n) is 3.21. The van der Waals surface area contributed by atoms with E-state index in [9.17, 15) is 4.79 Å². The standard InChI is InChI=1S/C15H21NO2/c1-11(2)15(17)16-8-7-12-5-6-14-13(10-12)4-3-9-18-14/h5-6,10-11H,3-4,7-9H2,1-2H3,(H,16,17). The minimum Gasteiger partial charge on any atom is -0.493 e. The Bertz CT molecular complexity index is 427. The first kappa shape index (κ1) is 12.9. The van der Waals surface area contributed by atoms with Crippen molar-refractivity contribution >= 4 is 5.91 Å². The maximum Gasteiger partial charge on any atom is 0.222 e. The molecule has 98 valence electrons. The van der Waals surface area contributed by atoms with Crippen LogP contribution >= 0.6 is 0 Å². The molecule has 0 fully saturated rings. The van der Waals surface area contributed by atoms with Crippen LogP contribution in [0, 0.1) is 5.92 Å². The van der Waals surface area contributed by atoms with Gasteiger partial charge in [0.25, 0.3) is 0 Å². The van der Waals surface area contributed by atoms with Gasteiger partial charge in [-0.2, -0.15) is 0 Å². The van der Waals surface area contributed by atoms with Crippen LogP contribution in [0.25, 0.3) is 0 Å². The van der Waals surface area contributed by atoms with Crippen molar-refractivity contribution in [3.8, 4) is 5.75 Å². The van der Waals surface area contributed by atoms with E-state index < -0.39 is 0 Å². The molecule has 0 aliphatic carbocycles. The molecule has 0 saturated carbocycles. The molecule has 0 aromatic heterocycles. The van der Waals surface area contributed by atoms with Crippen molar-refractivity contribution in [1.29, 1.82) is 0 Å². The quantitative estimate of drug-likeness (QED) is 0.886. The molecule has 3 nitrogen and oxygen atoms in total. The first-order chi connectivity index (χ1) is 8.66. The lowest BCUT2D eigenvalue weighted by molar-refractivity contribution is -0.123. The molecule has 1 aromatic carbocycles. The summed E-state index contributed by atoms with van der Waals surface area (Å²) in [6.07, 6.45) is 3.08. The van der Waals surface area contributed by atoms with Crippen molar-refractivity contribution in [2.75, 3.05) is 13.2 Å². The SMILES string of the molecule is CC(C)C(=O)NCCc1ccc2c(c1)CCCO2. The second-order valence-corrected chi connectivity index (χ2v) is 5.09. The topological polar surface area (TPSA) is 38.3 Å². The predicted octanol–water partition coefficient (Wildman–Crippen LogP) is 2.33. The zero-order chi connectivity index (χ0) is 13.0. The summed E-state index contributed by atoms with van der Waals surface area (Å²) in [6.45, 7) is 5.35. The molecule has 1 amide bonds. The largest absolute Gasteiger partial charge is 0.493 e. The van der Waals surface area contributed by atoms with Gasteiger partial charge in [-0.05, 0) is 36.5 Å². The first-order valence-corrected chi connectivity index (χ1v) is 6.69. The van der Waals surface area contributed by atoms with Crippen LogP contribution < -0.4 is 10.1 Å². The van der Waals surface area contributed by atoms with Gasteiger partial charge < -0.3 is 10.1 Å². The number of hydrogen-bond acceptors (Lipinski definition) is 2. The van der Waals surface area contributed by atoms with E-state index in [1.807, 2.05) is 19.9 Å². The normalized spacial score (nSPS) is 13.9. The molecule has 1 N–H and O–H groups in total. The van der Waals surface area contributed by atoms with Crippen LogP contribution in [0.5, 0.6) is 5.75 Å². The highest BCUT2D eigenvalue weighted by Crippen LogP contribution is 2.25. The zero-order valence-corrected chi connectivity index (χ0v) is 11.2. The maximum absolute atomic E-state index is 11.4. The summed E-state index contributed by atoms with van der Waals surface area (Å²) in [6, 6.07) is 6.34. The Morgan fingerprint density at radius 1 is 1.44 bits per heavy atom. The Balaban J connectivity index is 1.88.